The van der Waals surface area contributed by atoms with Crippen molar-refractivity contribution >= 4 is 21.7 Å². The zero-order valence-electron chi connectivity index (χ0n) is 17.3. The standard InChI is InChI=1S/C22H28FN3O3S/c1-16(2)18-3-9-21(10-4-18)30(28,29)24-15-17-11-13-26(14-12-17)22(27)25-20-7-5-19(23)6-8-20/h3-10,16-17,24H,11-15H2,1-2H3,(H,25,27). The van der Waals surface area contributed by atoms with E-state index in [0.717, 1.165) is 5.56 Å². The third kappa shape index (κ3) is 5.79. The Labute approximate surface area is 177 Å². The maximum atomic E-state index is 13.0. The summed E-state index contributed by atoms with van der Waals surface area (Å²) in [5.74, 6) is 0.164. The average Bonchev–Trinajstić information content (AvgIpc) is 2.74. The van der Waals surface area contributed by atoms with E-state index >= 15 is 0 Å². The molecule has 2 N–H and O–H groups in total. The maximum Gasteiger partial charge on any atom is 0.321 e. The molecule has 6 nitrogen and oxygen atoms in total. The Morgan fingerprint density at radius 2 is 1.67 bits per heavy atom. The van der Waals surface area contributed by atoms with Gasteiger partial charge in [-0.1, -0.05) is 26.0 Å². The lowest BCUT2D eigenvalue weighted by Gasteiger charge is -2.32. The number of benzene rings is 2. The molecule has 2 amide bonds. The highest BCUT2D eigenvalue weighted by Crippen LogP contribution is 2.20. The number of halogens is 1. The van der Waals surface area contributed by atoms with Crippen LogP contribution in [-0.4, -0.2) is 39.0 Å². The van der Waals surface area contributed by atoms with Gasteiger partial charge in [0.25, 0.3) is 0 Å². The number of hydrogen-bond acceptors (Lipinski definition) is 3. The first-order chi connectivity index (χ1) is 14.2. The second-order valence-corrected chi connectivity index (χ2v) is 9.71. The van der Waals surface area contributed by atoms with E-state index in [1.807, 2.05) is 12.1 Å². The van der Waals surface area contributed by atoms with Gasteiger partial charge in [0, 0.05) is 25.3 Å². The van der Waals surface area contributed by atoms with E-state index in [4.69, 9.17) is 0 Å². The van der Waals surface area contributed by atoms with E-state index in [0.29, 0.717) is 44.1 Å². The van der Waals surface area contributed by atoms with Gasteiger partial charge in [-0.3, -0.25) is 0 Å². The molecular formula is C22H28FN3O3S. The molecule has 0 bridgehead atoms. The van der Waals surface area contributed by atoms with Crippen molar-refractivity contribution in [3.05, 3.63) is 59.9 Å². The minimum Gasteiger partial charge on any atom is -0.325 e. The third-order valence-corrected chi connectivity index (χ3v) is 6.86. The molecule has 162 valence electrons. The zero-order chi connectivity index (χ0) is 21.7. The van der Waals surface area contributed by atoms with E-state index in [2.05, 4.69) is 23.9 Å². The molecule has 0 spiro atoms. The van der Waals surface area contributed by atoms with Crippen molar-refractivity contribution in [2.24, 2.45) is 5.92 Å². The summed E-state index contributed by atoms with van der Waals surface area (Å²) in [7, 11) is -3.55. The largest absolute Gasteiger partial charge is 0.325 e. The lowest BCUT2D eigenvalue weighted by Crippen LogP contribution is -2.43. The van der Waals surface area contributed by atoms with Crippen molar-refractivity contribution in [3.63, 3.8) is 0 Å². The Morgan fingerprint density at radius 3 is 2.23 bits per heavy atom. The fourth-order valence-electron chi connectivity index (χ4n) is 3.42. The number of carbonyl (C=O) groups excluding carboxylic acids is 1. The Balaban J connectivity index is 1.47. The highest BCUT2D eigenvalue weighted by atomic mass is 32.2. The van der Waals surface area contributed by atoms with E-state index in [-0.39, 0.29) is 22.7 Å². The summed E-state index contributed by atoms with van der Waals surface area (Å²) in [6.07, 6.45) is 1.43. The van der Waals surface area contributed by atoms with Gasteiger partial charge < -0.3 is 10.2 Å². The van der Waals surface area contributed by atoms with E-state index < -0.39 is 10.0 Å². The molecule has 2 aromatic carbocycles. The minimum atomic E-state index is -3.55. The Morgan fingerprint density at radius 1 is 1.07 bits per heavy atom. The summed E-state index contributed by atoms with van der Waals surface area (Å²) >= 11 is 0. The number of anilines is 1. The molecule has 8 heteroatoms. The Hall–Kier alpha value is -2.45. The first-order valence-corrected chi connectivity index (χ1v) is 11.6. The normalized spacial score (nSPS) is 15.4. The van der Waals surface area contributed by atoms with Crippen LogP contribution in [-0.2, 0) is 10.0 Å². The first-order valence-electron chi connectivity index (χ1n) is 10.2. The van der Waals surface area contributed by atoms with E-state index in [1.54, 1.807) is 17.0 Å². The number of nitrogens with zero attached hydrogens (tertiary/aromatic N) is 1. The topological polar surface area (TPSA) is 78.5 Å². The molecule has 0 unspecified atom stereocenters. The smallest absolute Gasteiger partial charge is 0.321 e. The van der Waals surface area contributed by atoms with Crippen LogP contribution in [0.4, 0.5) is 14.9 Å². The van der Waals surface area contributed by atoms with Crippen molar-refractivity contribution in [2.45, 2.75) is 37.5 Å². The molecule has 1 aliphatic rings. The Kier molecular flexibility index (Phi) is 7.10. The summed E-state index contributed by atoms with van der Waals surface area (Å²) < 4.78 is 40.8. The molecule has 0 aliphatic carbocycles. The lowest BCUT2D eigenvalue weighted by atomic mass is 9.97. The summed E-state index contributed by atoms with van der Waals surface area (Å²) in [6, 6.07) is 12.4. The highest BCUT2D eigenvalue weighted by molar-refractivity contribution is 7.89. The summed E-state index contributed by atoms with van der Waals surface area (Å²) in [5.41, 5.74) is 1.64. The number of carbonyl (C=O) groups is 1. The minimum absolute atomic E-state index is 0.171. The highest BCUT2D eigenvalue weighted by Gasteiger charge is 2.24. The lowest BCUT2D eigenvalue weighted by molar-refractivity contribution is 0.183. The van der Waals surface area contributed by atoms with Crippen molar-refractivity contribution in [3.8, 4) is 0 Å². The molecule has 2 aromatic rings. The average molecular weight is 434 g/mol. The molecule has 30 heavy (non-hydrogen) atoms. The molecule has 0 aromatic heterocycles. The summed E-state index contributed by atoms with van der Waals surface area (Å²) in [5, 5.41) is 2.75. The first kappa shape index (κ1) is 22.2. The SMILES string of the molecule is CC(C)c1ccc(S(=O)(=O)NCC2CCN(C(=O)Nc3ccc(F)cc3)CC2)cc1. The number of amides is 2. The van der Waals surface area contributed by atoms with Gasteiger partial charge in [-0.25, -0.2) is 22.3 Å². The van der Waals surface area contributed by atoms with Gasteiger partial charge in [0.15, 0.2) is 0 Å². The number of rotatable bonds is 6. The monoisotopic (exact) mass is 433 g/mol. The van der Waals surface area contributed by atoms with Gasteiger partial charge in [0.05, 0.1) is 4.90 Å². The van der Waals surface area contributed by atoms with Gasteiger partial charge in [-0.15, -0.1) is 0 Å². The van der Waals surface area contributed by atoms with Crippen molar-refractivity contribution < 1.29 is 17.6 Å². The molecule has 1 aliphatic heterocycles. The van der Waals surface area contributed by atoms with E-state index in [9.17, 15) is 17.6 Å². The van der Waals surface area contributed by atoms with Crippen molar-refractivity contribution in [2.75, 3.05) is 25.0 Å². The molecule has 0 saturated carbocycles. The van der Waals surface area contributed by atoms with Crippen LogP contribution in [0, 0.1) is 11.7 Å². The second-order valence-electron chi connectivity index (χ2n) is 7.94. The van der Waals surface area contributed by atoms with Crippen LogP contribution >= 0.6 is 0 Å². The molecule has 0 atom stereocenters. The van der Waals surface area contributed by atoms with Crippen molar-refractivity contribution in [1.82, 2.24) is 9.62 Å². The van der Waals surface area contributed by atoms with Gasteiger partial charge in [-0.05, 0) is 66.6 Å². The number of sulfonamides is 1. The number of likely N-dealkylation sites (tertiary alicyclic amines) is 1. The number of piperidine rings is 1. The number of urea groups is 1. The quantitative estimate of drug-likeness (QED) is 0.718. The van der Waals surface area contributed by atoms with Crippen LogP contribution in [0.1, 0.15) is 38.2 Å². The van der Waals surface area contributed by atoms with Gasteiger partial charge in [0.2, 0.25) is 10.0 Å². The molecule has 3 rings (SSSR count). The predicted octanol–water partition coefficient (Wildman–Crippen LogP) is 4.17. The molecule has 1 heterocycles. The molecule has 0 radical (unpaired) electrons. The van der Waals surface area contributed by atoms with Crippen LogP contribution in [0.25, 0.3) is 0 Å². The second kappa shape index (κ2) is 9.57. The summed E-state index contributed by atoms with van der Waals surface area (Å²) in [6.45, 7) is 5.56. The predicted molar refractivity (Wildman–Crippen MR) is 115 cm³/mol. The van der Waals surface area contributed by atoms with Crippen LogP contribution in [0.5, 0.6) is 0 Å². The fraction of sp³-hybridized carbons (Fsp3) is 0.409. The third-order valence-electron chi connectivity index (χ3n) is 5.42. The van der Waals surface area contributed by atoms with Crippen molar-refractivity contribution in [1.29, 1.82) is 0 Å². The fourth-order valence-corrected chi connectivity index (χ4v) is 4.53. The number of hydrogen-bond donors (Lipinski definition) is 2. The molecule has 1 fully saturated rings. The number of nitrogens with one attached hydrogen (secondary N) is 2. The Bertz CT molecular complexity index is 952. The van der Waals surface area contributed by atoms with Gasteiger partial charge >= 0.3 is 6.03 Å². The van der Waals surface area contributed by atoms with E-state index in [1.165, 1.54) is 24.3 Å². The van der Waals surface area contributed by atoms with Gasteiger partial charge in [0.1, 0.15) is 5.82 Å². The van der Waals surface area contributed by atoms with Gasteiger partial charge in [-0.2, -0.15) is 0 Å². The summed E-state index contributed by atoms with van der Waals surface area (Å²) in [4.78, 5) is 14.3. The molecular weight excluding hydrogens is 405 g/mol. The zero-order valence-corrected chi connectivity index (χ0v) is 18.1. The van der Waals surface area contributed by atoms with Crippen LogP contribution in [0.3, 0.4) is 0 Å². The maximum absolute atomic E-state index is 13.0. The van der Waals surface area contributed by atoms with Crippen LogP contribution in [0.15, 0.2) is 53.4 Å². The van der Waals surface area contributed by atoms with Crippen LogP contribution in [0.2, 0.25) is 0 Å². The molecule has 1 saturated heterocycles. The van der Waals surface area contributed by atoms with Crippen LogP contribution < -0.4 is 10.0 Å².